The zero-order chi connectivity index (χ0) is 21.0. The molecule has 0 aliphatic rings. The van der Waals surface area contributed by atoms with Gasteiger partial charge in [0.05, 0.1) is 17.7 Å². The summed E-state index contributed by atoms with van der Waals surface area (Å²) >= 11 is 1.24. The first kappa shape index (κ1) is 20.8. The van der Waals surface area contributed by atoms with E-state index in [-0.39, 0.29) is 12.3 Å². The number of hydrogen-bond donors (Lipinski definition) is 1. The van der Waals surface area contributed by atoms with Crippen LogP contribution < -0.4 is 9.62 Å². The normalized spacial score (nSPS) is 11.7. The molecule has 7 nitrogen and oxygen atoms in total. The molecule has 1 atom stereocenters. The van der Waals surface area contributed by atoms with Crippen LogP contribution in [-0.4, -0.2) is 34.2 Å². The third-order valence-electron chi connectivity index (χ3n) is 4.27. The first-order valence-electron chi connectivity index (χ1n) is 8.70. The van der Waals surface area contributed by atoms with Gasteiger partial charge < -0.3 is 0 Å². The Labute approximate surface area is 175 Å². The van der Waals surface area contributed by atoms with E-state index in [1.807, 2.05) is 24.3 Å². The quantitative estimate of drug-likeness (QED) is 0.655. The van der Waals surface area contributed by atoms with Gasteiger partial charge >= 0.3 is 0 Å². The summed E-state index contributed by atoms with van der Waals surface area (Å²) in [4.78, 5) is 22.6. The van der Waals surface area contributed by atoms with Crippen LogP contribution in [0.1, 0.15) is 16.8 Å². The highest BCUT2D eigenvalue weighted by Gasteiger charge is 2.19. The summed E-state index contributed by atoms with van der Waals surface area (Å²) in [6.07, 6.45) is 3.44. The number of nitrogens with one attached hydrogen (secondary N) is 1. The van der Waals surface area contributed by atoms with E-state index in [1.54, 1.807) is 33.3 Å². The molecule has 3 rings (SSSR count). The van der Waals surface area contributed by atoms with Crippen molar-refractivity contribution in [2.45, 2.75) is 17.6 Å². The third-order valence-corrected chi connectivity index (χ3v) is 7.00. The van der Waals surface area contributed by atoms with Gasteiger partial charge in [-0.25, -0.2) is 13.9 Å². The van der Waals surface area contributed by atoms with Crippen LogP contribution in [0.25, 0.3) is 11.1 Å². The molecule has 0 fully saturated rings. The SMILES string of the molecule is CNS(=O)c1sc(N(C)C(=O)Cc2ccc(-c3cncc(C#N)c3)cc2)nc1C. The molecule has 0 aliphatic carbocycles. The van der Waals surface area contributed by atoms with Gasteiger partial charge in [-0.15, -0.1) is 0 Å². The molecule has 0 bridgehead atoms. The molecule has 0 saturated carbocycles. The molecule has 1 unspecified atom stereocenters. The number of pyridine rings is 1. The minimum Gasteiger partial charge on any atom is -0.291 e. The van der Waals surface area contributed by atoms with Crippen LogP contribution >= 0.6 is 11.3 Å². The second kappa shape index (κ2) is 9.05. The van der Waals surface area contributed by atoms with Crippen molar-refractivity contribution in [3.63, 3.8) is 0 Å². The van der Waals surface area contributed by atoms with E-state index < -0.39 is 11.0 Å². The molecular weight excluding hydrogens is 406 g/mol. The van der Waals surface area contributed by atoms with E-state index >= 15 is 0 Å². The summed E-state index contributed by atoms with van der Waals surface area (Å²) < 4.78 is 15.3. The molecule has 0 aliphatic heterocycles. The Balaban J connectivity index is 1.72. The Morgan fingerprint density at radius 3 is 2.66 bits per heavy atom. The molecule has 148 valence electrons. The Kier molecular flexibility index (Phi) is 6.49. The lowest BCUT2D eigenvalue weighted by Gasteiger charge is -2.14. The number of aromatic nitrogens is 2. The van der Waals surface area contributed by atoms with Gasteiger partial charge in [-0.05, 0) is 31.2 Å². The zero-order valence-corrected chi connectivity index (χ0v) is 17.8. The monoisotopic (exact) mass is 425 g/mol. The number of nitrogens with zero attached hydrogens (tertiary/aromatic N) is 4. The molecule has 2 aromatic heterocycles. The number of likely N-dealkylation sites (N-methyl/N-ethyl adjacent to an activating group) is 1. The highest BCUT2D eigenvalue weighted by molar-refractivity contribution is 7.85. The molecule has 0 radical (unpaired) electrons. The van der Waals surface area contributed by atoms with Crippen molar-refractivity contribution >= 4 is 33.4 Å². The van der Waals surface area contributed by atoms with Gasteiger partial charge in [0.25, 0.3) is 0 Å². The highest BCUT2D eigenvalue weighted by Crippen LogP contribution is 2.28. The van der Waals surface area contributed by atoms with Crippen molar-refractivity contribution in [2.75, 3.05) is 19.0 Å². The minimum atomic E-state index is -1.33. The van der Waals surface area contributed by atoms with Crippen LogP contribution in [0.5, 0.6) is 0 Å². The second-order valence-electron chi connectivity index (χ2n) is 6.24. The van der Waals surface area contributed by atoms with Crippen LogP contribution in [-0.2, 0) is 22.2 Å². The summed E-state index contributed by atoms with van der Waals surface area (Å²) in [6.45, 7) is 1.78. The van der Waals surface area contributed by atoms with Crippen LogP contribution in [0.15, 0.2) is 46.9 Å². The van der Waals surface area contributed by atoms with E-state index in [4.69, 9.17) is 5.26 Å². The predicted octanol–water partition coefficient (Wildman–Crippen LogP) is 2.83. The van der Waals surface area contributed by atoms with Gasteiger partial charge in [0, 0.05) is 25.0 Å². The maximum Gasteiger partial charge on any atom is 0.232 e. The Morgan fingerprint density at radius 2 is 2.00 bits per heavy atom. The van der Waals surface area contributed by atoms with Gasteiger partial charge in [-0.1, -0.05) is 35.6 Å². The molecule has 9 heteroatoms. The Hall–Kier alpha value is -2.93. The molecule has 0 spiro atoms. The molecule has 0 saturated heterocycles. The van der Waals surface area contributed by atoms with Gasteiger partial charge in [0.2, 0.25) is 5.91 Å². The summed E-state index contributed by atoms with van der Waals surface area (Å²) in [5, 5.41) is 9.52. The first-order valence-corrected chi connectivity index (χ1v) is 10.7. The predicted molar refractivity (Wildman–Crippen MR) is 114 cm³/mol. The van der Waals surface area contributed by atoms with Crippen molar-refractivity contribution in [3.8, 4) is 17.2 Å². The Bertz CT molecular complexity index is 1100. The van der Waals surface area contributed by atoms with Gasteiger partial charge in [-0.3, -0.25) is 14.7 Å². The molecule has 1 amide bonds. The standard InChI is InChI=1S/C20H19N5O2S2/c1-13-19(29(27)22-2)28-20(24-13)25(3)18(26)9-14-4-6-16(7-5-14)17-8-15(10-21)11-23-12-17/h4-8,11-12,22H,9H2,1-3H3. The lowest BCUT2D eigenvalue weighted by molar-refractivity contribution is -0.117. The number of carbonyl (C=O) groups is 1. The summed E-state index contributed by atoms with van der Waals surface area (Å²) in [5.74, 6) is -0.110. The summed E-state index contributed by atoms with van der Waals surface area (Å²) in [5.41, 5.74) is 3.79. The van der Waals surface area contributed by atoms with E-state index in [1.165, 1.54) is 22.4 Å². The van der Waals surface area contributed by atoms with Gasteiger partial charge in [-0.2, -0.15) is 5.26 Å². The van der Waals surface area contributed by atoms with Gasteiger partial charge in [0.1, 0.15) is 21.3 Å². The number of rotatable bonds is 6. The topological polar surface area (TPSA) is 99.0 Å². The number of aryl methyl sites for hydroxylation is 1. The van der Waals surface area contributed by atoms with E-state index in [0.717, 1.165) is 16.7 Å². The van der Waals surface area contributed by atoms with Crippen LogP contribution in [0.3, 0.4) is 0 Å². The summed E-state index contributed by atoms with van der Waals surface area (Å²) in [6, 6.07) is 11.4. The van der Waals surface area contributed by atoms with Crippen LogP contribution in [0.4, 0.5) is 5.13 Å². The average molecular weight is 426 g/mol. The maximum absolute atomic E-state index is 12.7. The van der Waals surface area contributed by atoms with Crippen LogP contribution in [0, 0.1) is 18.3 Å². The van der Waals surface area contributed by atoms with Crippen molar-refractivity contribution < 1.29 is 9.00 Å². The number of carbonyl (C=O) groups excluding carboxylic acids is 1. The largest absolute Gasteiger partial charge is 0.291 e. The van der Waals surface area contributed by atoms with Crippen molar-refractivity contribution in [1.29, 1.82) is 5.26 Å². The number of thiazole rings is 1. The molecule has 29 heavy (non-hydrogen) atoms. The molecular formula is C20H19N5O2S2. The van der Waals surface area contributed by atoms with Crippen molar-refractivity contribution in [3.05, 3.63) is 59.5 Å². The van der Waals surface area contributed by atoms with E-state index in [0.29, 0.717) is 20.6 Å². The van der Waals surface area contributed by atoms with Crippen molar-refractivity contribution in [1.82, 2.24) is 14.7 Å². The van der Waals surface area contributed by atoms with Crippen molar-refractivity contribution in [2.24, 2.45) is 0 Å². The third kappa shape index (κ3) is 4.74. The second-order valence-corrected chi connectivity index (χ2v) is 8.83. The molecule has 1 N–H and O–H groups in total. The Morgan fingerprint density at radius 1 is 1.28 bits per heavy atom. The fraction of sp³-hybridized carbons (Fsp3) is 0.200. The lowest BCUT2D eigenvalue weighted by atomic mass is 10.0. The fourth-order valence-electron chi connectivity index (χ4n) is 2.65. The number of hydrogen-bond acceptors (Lipinski definition) is 6. The number of anilines is 1. The lowest BCUT2D eigenvalue weighted by Crippen LogP contribution is -2.27. The maximum atomic E-state index is 12.7. The van der Waals surface area contributed by atoms with E-state index in [2.05, 4.69) is 20.8 Å². The summed E-state index contributed by atoms with van der Waals surface area (Å²) in [7, 11) is 1.95. The first-order chi connectivity index (χ1) is 13.9. The van der Waals surface area contributed by atoms with Crippen LogP contribution in [0.2, 0.25) is 0 Å². The molecule has 2 heterocycles. The number of nitriles is 1. The van der Waals surface area contributed by atoms with E-state index in [9.17, 15) is 9.00 Å². The molecule has 3 aromatic rings. The minimum absolute atomic E-state index is 0.110. The highest BCUT2D eigenvalue weighted by atomic mass is 32.2. The number of benzene rings is 1. The molecule has 1 aromatic carbocycles. The number of amides is 1. The average Bonchev–Trinajstić information content (AvgIpc) is 3.14. The van der Waals surface area contributed by atoms with Gasteiger partial charge in [0.15, 0.2) is 5.13 Å². The fourth-order valence-corrected chi connectivity index (χ4v) is 4.71. The smallest absolute Gasteiger partial charge is 0.232 e. The zero-order valence-electron chi connectivity index (χ0n) is 16.2.